The number of benzene rings is 1. The van der Waals surface area contributed by atoms with Crippen molar-refractivity contribution in [1.29, 1.82) is 0 Å². The van der Waals surface area contributed by atoms with E-state index in [1.54, 1.807) is 6.07 Å². The molecule has 9 heteroatoms. The molecule has 0 saturated heterocycles. The van der Waals surface area contributed by atoms with Crippen molar-refractivity contribution in [2.75, 3.05) is 13.7 Å². The molecule has 3 N–H and O–H groups in total. The van der Waals surface area contributed by atoms with Gasteiger partial charge in [-0.05, 0) is 36.8 Å². The molecule has 1 heterocycles. The van der Waals surface area contributed by atoms with Crippen molar-refractivity contribution >= 4 is 38.9 Å². The van der Waals surface area contributed by atoms with Gasteiger partial charge in [-0.2, -0.15) is 0 Å². The normalized spacial score (nSPS) is 11.3. The van der Waals surface area contributed by atoms with Gasteiger partial charge >= 0.3 is 0 Å². The quantitative estimate of drug-likeness (QED) is 0.808. The van der Waals surface area contributed by atoms with Crippen molar-refractivity contribution in [2.24, 2.45) is 5.14 Å². The SMILES string of the molecule is COc1ccc(S(N)(=O)=O)cc1C(=O)NCCc1ccc(Cl)s1. The Morgan fingerprint density at radius 1 is 1.35 bits per heavy atom. The molecule has 0 unspecified atom stereocenters. The van der Waals surface area contributed by atoms with Crippen molar-refractivity contribution in [2.45, 2.75) is 11.3 Å². The summed E-state index contributed by atoms with van der Waals surface area (Å²) in [4.78, 5) is 13.1. The predicted octanol–water partition coefficient (Wildman–Crippen LogP) is 2.03. The number of carbonyl (C=O) groups excluding carboxylic acids is 1. The third-order valence-electron chi connectivity index (χ3n) is 3.03. The highest BCUT2D eigenvalue weighted by Crippen LogP contribution is 2.23. The number of primary sulfonamides is 1. The Labute approximate surface area is 143 Å². The monoisotopic (exact) mass is 374 g/mol. The van der Waals surface area contributed by atoms with Crippen LogP contribution in [0.15, 0.2) is 35.2 Å². The molecule has 0 spiro atoms. The van der Waals surface area contributed by atoms with E-state index in [2.05, 4.69) is 5.32 Å². The molecule has 2 rings (SSSR count). The van der Waals surface area contributed by atoms with Crippen molar-refractivity contribution in [1.82, 2.24) is 5.32 Å². The third-order valence-corrected chi connectivity index (χ3v) is 5.23. The number of amides is 1. The van der Waals surface area contributed by atoms with Gasteiger partial charge < -0.3 is 10.1 Å². The Morgan fingerprint density at radius 3 is 2.65 bits per heavy atom. The third kappa shape index (κ3) is 4.68. The van der Waals surface area contributed by atoms with E-state index in [9.17, 15) is 13.2 Å². The van der Waals surface area contributed by atoms with E-state index in [0.29, 0.717) is 17.3 Å². The molecule has 1 aromatic heterocycles. The van der Waals surface area contributed by atoms with E-state index in [0.717, 1.165) is 4.88 Å². The van der Waals surface area contributed by atoms with Crippen LogP contribution in [0, 0.1) is 0 Å². The number of ether oxygens (including phenoxy) is 1. The topological polar surface area (TPSA) is 98.5 Å². The van der Waals surface area contributed by atoms with Gasteiger partial charge in [0.2, 0.25) is 10.0 Å². The smallest absolute Gasteiger partial charge is 0.255 e. The molecule has 0 saturated carbocycles. The molecule has 124 valence electrons. The van der Waals surface area contributed by atoms with Gasteiger partial charge in [0.1, 0.15) is 5.75 Å². The van der Waals surface area contributed by atoms with E-state index in [1.807, 2.05) is 6.07 Å². The second-order valence-electron chi connectivity index (χ2n) is 4.62. The highest BCUT2D eigenvalue weighted by Gasteiger charge is 2.17. The van der Waals surface area contributed by atoms with Crippen LogP contribution in [0.25, 0.3) is 0 Å². The predicted molar refractivity (Wildman–Crippen MR) is 89.7 cm³/mol. The summed E-state index contributed by atoms with van der Waals surface area (Å²) in [5.74, 6) is -0.163. The highest BCUT2D eigenvalue weighted by atomic mass is 35.5. The summed E-state index contributed by atoms with van der Waals surface area (Å²) in [7, 11) is -2.49. The highest BCUT2D eigenvalue weighted by molar-refractivity contribution is 7.89. The van der Waals surface area contributed by atoms with Gasteiger partial charge in [-0.1, -0.05) is 11.6 Å². The summed E-state index contributed by atoms with van der Waals surface area (Å²) in [5.41, 5.74) is 0.114. The number of hydrogen-bond donors (Lipinski definition) is 2. The average Bonchev–Trinajstić information content (AvgIpc) is 2.91. The molecule has 0 aliphatic rings. The molecule has 2 aromatic rings. The number of sulfonamides is 1. The first-order chi connectivity index (χ1) is 10.8. The van der Waals surface area contributed by atoms with Crippen molar-refractivity contribution in [3.63, 3.8) is 0 Å². The van der Waals surface area contributed by atoms with E-state index in [-0.39, 0.29) is 16.2 Å². The fourth-order valence-corrected chi connectivity index (χ4v) is 3.55. The maximum atomic E-state index is 12.2. The number of methoxy groups -OCH3 is 1. The maximum absolute atomic E-state index is 12.2. The van der Waals surface area contributed by atoms with Crippen molar-refractivity contribution in [3.8, 4) is 5.75 Å². The number of halogens is 1. The minimum absolute atomic E-state index is 0.114. The molecule has 0 atom stereocenters. The molecule has 0 bridgehead atoms. The molecular weight excluding hydrogens is 360 g/mol. The summed E-state index contributed by atoms with van der Waals surface area (Å²) in [5, 5.41) is 7.80. The van der Waals surface area contributed by atoms with Crippen LogP contribution in [0.5, 0.6) is 5.75 Å². The number of rotatable bonds is 6. The molecule has 0 radical (unpaired) electrons. The van der Waals surface area contributed by atoms with Gasteiger partial charge in [0, 0.05) is 11.4 Å². The lowest BCUT2D eigenvalue weighted by molar-refractivity contribution is 0.0951. The van der Waals surface area contributed by atoms with Gasteiger partial charge in [-0.3, -0.25) is 4.79 Å². The maximum Gasteiger partial charge on any atom is 0.255 e. The lowest BCUT2D eigenvalue weighted by Crippen LogP contribution is -2.26. The average molecular weight is 375 g/mol. The van der Waals surface area contributed by atoms with E-state index < -0.39 is 15.9 Å². The van der Waals surface area contributed by atoms with E-state index >= 15 is 0 Å². The number of nitrogens with two attached hydrogens (primary N) is 1. The largest absolute Gasteiger partial charge is 0.496 e. The summed E-state index contributed by atoms with van der Waals surface area (Å²) < 4.78 is 28.6. The zero-order valence-electron chi connectivity index (χ0n) is 12.2. The van der Waals surface area contributed by atoms with E-state index in [4.69, 9.17) is 21.5 Å². The zero-order valence-corrected chi connectivity index (χ0v) is 14.6. The summed E-state index contributed by atoms with van der Waals surface area (Å²) in [6.07, 6.45) is 0.625. The van der Waals surface area contributed by atoms with Crippen molar-refractivity contribution in [3.05, 3.63) is 45.1 Å². The number of hydrogen-bond acceptors (Lipinski definition) is 5. The number of thiophene rings is 1. The molecule has 0 aliphatic carbocycles. The Hall–Kier alpha value is -1.61. The van der Waals surface area contributed by atoms with Gasteiger partial charge in [0.25, 0.3) is 5.91 Å². The fraction of sp³-hybridized carbons (Fsp3) is 0.214. The zero-order chi connectivity index (χ0) is 17.0. The Kier molecular flexibility index (Phi) is 5.64. The first-order valence-electron chi connectivity index (χ1n) is 6.54. The van der Waals surface area contributed by atoms with Crippen LogP contribution < -0.4 is 15.2 Å². The Morgan fingerprint density at radius 2 is 2.09 bits per heavy atom. The number of carbonyl (C=O) groups is 1. The molecule has 1 amide bonds. The second kappa shape index (κ2) is 7.31. The van der Waals surface area contributed by atoms with Gasteiger partial charge in [-0.15, -0.1) is 11.3 Å². The summed E-state index contributed by atoms with van der Waals surface area (Å²) in [6.45, 7) is 0.387. The van der Waals surface area contributed by atoms with Crippen LogP contribution in [0.3, 0.4) is 0 Å². The molecular formula is C14H15ClN2O4S2. The molecule has 6 nitrogen and oxygen atoms in total. The summed E-state index contributed by atoms with van der Waals surface area (Å²) >= 11 is 7.29. The van der Waals surface area contributed by atoms with Crippen LogP contribution >= 0.6 is 22.9 Å². The minimum atomic E-state index is -3.89. The van der Waals surface area contributed by atoms with Crippen LogP contribution in [0.4, 0.5) is 0 Å². The lowest BCUT2D eigenvalue weighted by atomic mass is 10.2. The molecule has 0 aliphatic heterocycles. The number of nitrogens with one attached hydrogen (secondary N) is 1. The first-order valence-corrected chi connectivity index (χ1v) is 9.28. The fourth-order valence-electron chi connectivity index (χ4n) is 1.92. The summed E-state index contributed by atoms with van der Waals surface area (Å²) in [6, 6.07) is 7.57. The van der Waals surface area contributed by atoms with Crippen LogP contribution in [0.1, 0.15) is 15.2 Å². The Balaban J connectivity index is 2.11. The first kappa shape index (κ1) is 17.7. The van der Waals surface area contributed by atoms with Crippen LogP contribution in [0.2, 0.25) is 4.34 Å². The van der Waals surface area contributed by atoms with Crippen LogP contribution in [-0.4, -0.2) is 28.0 Å². The van der Waals surface area contributed by atoms with E-state index in [1.165, 1.54) is 36.6 Å². The Bertz CT molecular complexity index is 818. The standard InChI is InChI=1S/C14H15ClN2O4S2/c1-21-12-4-3-10(23(16,19)20)8-11(12)14(18)17-7-6-9-2-5-13(15)22-9/h2-5,8H,6-7H2,1H3,(H,17,18)(H2,16,19,20). The second-order valence-corrected chi connectivity index (χ2v) is 7.98. The molecule has 1 aromatic carbocycles. The van der Waals surface area contributed by atoms with Gasteiger partial charge in [0.05, 0.1) is 21.9 Å². The minimum Gasteiger partial charge on any atom is -0.496 e. The van der Waals surface area contributed by atoms with Gasteiger partial charge in [0.15, 0.2) is 0 Å². The van der Waals surface area contributed by atoms with Crippen LogP contribution in [-0.2, 0) is 16.4 Å². The van der Waals surface area contributed by atoms with Crippen molar-refractivity contribution < 1.29 is 17.9 Å². The molecule has 23 heavy (non-hydrogen) atoms. The molecule has 0 fully saturated rings. The lowest BCUT2D eigenvalue weighted by Gasteiger charge is -2.10. The van der Waals surface area contributed by atoms with Gasteiger partial charge in [-0.25, -0.2) is 13.6 Å².